The predicted molar refractivity (Wildman–Crippen MR) is 60.1 cm³/mol. The number of hydrogen-bond acceptors (Lipinski definition) is 3. The molecule has 0 bridgehead atoms. The number of urea groups is 1. The van der Waals surface area contributed by atoms with E-state index in [0.29, 0.717) is 13.1 Å². The van der Waals surface area contributed by atoms with Crippen molar-refractivity contribution in [1.82, 2.24) is 9.80 Å². The zero-order valence-corrected chi connectivity index (χ0v) is 10.1. The van der Waals surface area contributed by atoms with Gasteiger partial charge in [-0.1, -0.05) is 6.92 Å². The first-order chi connectivity index (χ1) is 7.97. The van der Waals surface area contributed by atoms with Crippen molar-refractivity contribution >= 4 is 12.0 Å². The van der Waals surface area contributed by atoms with Gasteiger partial charge in [0, 0.05) is 26.7 Å². The summed E-state index contributed by atoms with van der Waals surface area (Å²) in [5.74, 6) is -1.36. The molecular formula is C11H17N3O3. The fourth-order valence-electron chi connectivity index (χ4n) is 2.00. The molecule has 1 aliphatic rings. The average Bonchev–Trinajstić information content (AvgIpc) is 2.67. The quantitative estimate of drug-likeness (QED) is 0.781. The van der Waals surface area contributed by atoms with E-state index in [-0.39, 0.29) is 24.9 Å². The molecule has 1 saturated heterocycles. The highest BCUT2D eigenvalue weighted by Gasteiger charge is 2.37. The number of carboxylic acids is 1. The van der Waals surface area contributed by atoms with Crippen LogP contribution in [0, 0.1) is 23.2 Å². The molecule has 0 aromatic rings. The van der Waals surface area contributed by atoms with E-state index in [2.05, 4.69) is 0 Å². The van der Waals surface area contributed by atoms with Crippen LogP contribution < -0.4 is 0 Å². The molecule has 1 N–H and O–H groups in total. The summed E-state index contributed by atoms with van der Waals surface area (Å²) < 4.78 is 0. The number of carbonyl (C=O) groups excluding carboxylic acids is 1. The van der Waals surface area contributed by atoms with Crippen LogP contribution in [0.25, 0.3) is 0 Å². The zero-order valence-electron chi connectivity index (χ0n) is 10.1. The Hall–Kier alpha value is -1.77. The maximum Gasteiger partial charge on any atom is 0.319 e. The summed E-state index contributed by atoms with van der Waals surface area (Å²) in [6.07, 6.45) is 0.286. The van der Waals surface area contributed by atoms with Gasteiger partial charge in [0.15, 0.2) is 0 Å². The first kappa shape index (κ1) is 13.3. The topological polar surface area (TPSA) is 84.6 Å². The molecule has 94 valence electrons. The molecule has 2 atom stereocenters. The van der Waals surface area contributed by atoms with Gasteiger partial charge in [-0.2, -0.15) is 5.26 Å². The van der Waals surface area contributed by atoms with E-state index >= 15 is 0 Å². The Morgan fingerprint density at radius 1 is 1.53 bits per heavy atom. The minimum absolute atomic E-state index is 0.0270. The van der Waals surface area contributed by atoms with Crippen LogP contribution in [0.15, 0.2) is 0 Å². The van der Waals surface area contributed by atoms with E-state index in [1.54, 1.807) is 11.9 Å². The molecule has 0 aromatic carbocycles. The second kappa shape index (κ2) is 5.53. The van der Waals surface area contributed by atoms with Crippen LogP contribution in [0.4, 0.5) is 4.79 Å². The molecule has 0 aromatic heterocycles. The molecule has 1 fully saturated rings. The van der Waals surface area contributed by atoms with Gasteiger partial charge < -0.3 is 14.9 Å². The minimum atomic E-state index is -0.854. The Kier molecular flexibility index (Phi) is 4.32. The Bertz CT molecular complexity index is 350. The van der Waals surface area contributed by atoms with Gasteiger partial charge in [0.05, 0.1) is 18.4 Å². The van der Waals surface area contributed by atoms with Gasteiger partial charge >= 0.3 is 12.0 Å². The Balaban J connectivity index is 2.55. The lowest BCUT2D eigenvalue weighted by atomic mass is 9.99. The Labute approximate surface area is 100 Å². The Morgan fingerprint density at radius 3 is 2.65 bits per heavy atom. The van der Waals surface area contributed by atoms with E-state index in [9.17, 15) is 9.59 Å². The number of rotatable bonds is 3. The molecule has 0 radical (unpaired) electrons. The van der Waals surface area contributed by atoms with Crippen molar-refractivity contribution in [3.05, 3.63) is 0 Å². The second-order valence-corrected chi connectivity index (χ2v) is 4.44. The third kappa shape index (κ3) is 3.09. The number of nitrogens with zero attached hydrogens (tertiary/aromatic N) is 3. The molecule has 1 heterocycles. The lowest BCUT2D eigenvalue weighted by Gasteiger charge is -2.23. The van der Waals surface area contributed by atoms with Crippen LogP contribution in [0.1, 0.15) is 13.3 Å². The van der Waals surface area contributed by atoms with Crippen LogP contribution >= 0.6 is 0 Å². The summed E-state index contributed by atoms with van der Waals surface area (Å²) in [7, 11) is 1.62. The zero-order chi connectivity index (χ0) is 13.0. The van der Waals surface area contributed by atoms with E-state index in [1.807, 2.05) is 13.0 Å². The molecule has 0 saturated carbocycles. The number of likely N-dealkylation sites (tertiary alicyclic amines) is 1. The molecule has 0 aliphatic carbocycles. The molecule has 6 heteroatoms. The monoisotopic (exact) mass is 239 g/mol. The standard InChI is InChI=1S/C11H17N3O3/c1-8-6-14(7-9(8)10(15)16)11(17)13(2)5-3-4-12/h8-9H,3,5-7H2,1-2H3,(H,15,16)/t8-,9-/m1/s1. The van der Waals surface area contributed by atoms with Crippen LogP contribution in [-0.4, -0.2) is 53.6 Å². The SMILES string of the molecule is C[C@@H]1CN(C(=O)N(C)CCC#N)C[C@H]1C(=O)O. The summed E-state index contributed by atoms with van der Waals surface area (Å²) >= 11 is 0. The maximum atomic E-state index is 11.9. The highest BCUT2D eigenvalue weighted by atomic mass is 16.4. The molecule has 1 aliphatic heterocycles. The molecule has 0 unspecified atom stereocenters. The molecular weight excluding hydrogens is 222 g/mol. The number of carbonyl (C=O) groups is 2. The Morgan fingerprint density at radius 2 is 2.18 bits per heavy atom. The first-order valence-corrected chi connectivity index (χ1v) is 5.57. The molecule has 2 amide bonds. The number of aliphatic carboxylic acids is 1. The smallest absolute Gasteiger partial charge is 0.319 e. The number of hydrogen-bond donors (Lipinski definition) is 1. The number of nitriles is 1. The molecule has 1 rings (SSSR count). The minimum Gasteiger partial charge on any atom is -0.481 e. The van der Waals surface area contributed by atoms with Crippen LogP contribution in [-0.2, 0) is 4.79 Å². The summed E-state index contributed by atoms with van der Waals surface area (Å²) in [6.45, 7) is 2.93. The van der Waals surface area contributed by atoms with E-state index in [4.69, 9.17) is 10.4 Å². The summed E-state index contributed by atoms with van der Waals surface area (Å²) in [4.78, 5) is 25.8. The van der Waals surface area contributed by atoms with Crippen molar-refractivity contribution < 1.29 is 14.7 Å². The molecule has 6 nitrogen and oxygen atoms in total. The van der Waals surface area contributed by atoms with Crippen LogP contribution in [0.5, 0.6) is 0 Å². The van der Waals surface area contributed by atoms with Gasteiger partial charge in [0.1, 0.15) is 0 Å². The summed E-state index contributed by atoms with van der Waals surface area (Å²) in [6, 6.07) is 1.78. The molecule has 17 heavy (non-hydrogen) atoms. The van der Waals surface area contributed by atoms with Crippen molar-refractivity contribution in [2.45, 2.75) is 13.3 Å². The van der Waals surface area contributed by atoms with Gasteiger partial charge in [-0.15, -0.1) is 0 Å². The second-order valence-electron chi connectivity index (χ2n) is 4.44. The fraction of sp³-hybridized carbons (Fsp3) is 0.727. The third-order valence-corrected chi connectivity index (χ3v) is 3.09. The van der Waals surface area contributed by atoms with Crippen molar-refractivity contribution in [3.8, 4) is 6.07 Å². The van der Waals surface area contributed by atoms with Gasteiger partial charge in [0.25, 0.3) is 0 Å². The lowest BCUT2D eigenvalue weighted by Crippen LogP contribution is -2.40. The lowest BCUT2D eigenvalue weighted by molar-refractivity contribution is -0.142. The highest BCUT2D eigenvalue weighted by Crippen LogP contribution is 2.23. The van der Waals surface area contributed by atoms with Crippen LogP contribution in [0.3, 0.4) is 0 Å². The average molecular weight is 239 g/mol. The first-order valence-electron chi connectivity index (χ1n) is 5.57. The van der Waals surface area contributed by atoms with Crippen molar-refractivity contribution in [2.24, 2.45) is 11.8 Å². The highest BCUT2D eigenvalue weighted by molar-refractivity contribution is 5.77. The predicted octanol–water partition coefficient (Wildman–Crippen LogP) is 0.604. The maximum absolute atomic E-state index is 11.9. The van der Waals surface area contributed by atoms with Crippen LogP contribution in [0.2, 0.25) is 0 Å². The van der Waals surface area contributed by atoms with E-state index < -0.39 is 11.9 Å². The third-order valence-electron chi connectivity index (χ3n) is 3.09. The summed E-state index contributed by atoms with van der Waals surface area (Å²) in [5.41, 5.74) is 0. The number of carboxylic acid groups (broad SMARTS) is 1. The van der Waals surface area contributed by atoms with Crippen molar-refractivity contribution in [3.63, 3.8) is 0 Å². The van der Waals surface area contributed by atoms with Crippen molar-refractivity contribution in [2.75, 3.05) is 26.7 Å². The van der Waals surface area contributed by atoms with Gasteiger partial charge in [-0.25, -0.2) is 4.79 Å². The van der Waals surface area contributed by atoms with E-state index in [0.717, 1.165) is 0 Å². The largest absolute Gasteiger partial charge is 0.481 e. The van der Waals surface area contributed by atoms with Gasteiger partial charge in [-0.3, -0.25) is 4.79 Å². The van der Waals surface area contributed by atoms with Gasteiger partial charge in [0.2, 0.25) is 0 Å². The molecule has 0 spiro atoms. The normalized spacial score (nSPS) is 23.2. The van der Waals surface area contributed by atoms with E-state index in [1.165, 1.54) is 4.90 Å². The summed E-state index contributed by atoms with van der Waals surface area (Å²) in [5, 5.41) is 17.4. The number of amides is 2. The van der Waals surface area contributed by atoms with Crippen molar-refractivity contribution in [1.29, 1.82) is 5.26 Å². The fourth-order valence-corrected chi connectivity index (χ4v) is 2.00. The van der Waals surface area contributed by atoms with Gasteiger partial charge in [-0.05, 0) is 5.92 Å².